The van der Waals surface area contributed by atoms with Gasteiger partial charge in [0.15, 0.2) is 5.82 Å². The van der Waals surface area contributed by atoms with E-state index in [1.54, 1.807) is 23.1 Å². The minimum absolute atomic E-state index is 0.615. The lowest BCUT2D eigenvalue weighted by atomic mass is 10.3. The Labute approximate surface area is 139 Å². The summed E-state index contributed by atoms with van der Waals surface area (Å²) < 4.78 is 6.69. The molecule has 0 amide bonds. The van der Waals surface area contributed by atoms with Crippen molar-refractivity contribution in [3.05, 3.63) is 46.3 Å². The highest BCUT2D eigenvalue weighted by atomic mass is 79.9. The zero-order chi connectivity index (χ0) is 14.5. The highest BCUT2D eigenvalue weighted by molar-refractivity contribution is 9.10. The number of benzene rings is 1. The van der Waals surface area contributed by atoms with Gasteiger partial charge in [-0.1, -0.05) is 39.8 Å². The molecule has 0 bridgehead atoms. The first kappa shape index (κ1) is 14.6. The van der Waals surface area contributed by atoms with Gasteiger partial charge in [-0.05, 0) is 29.6 Å². The van der Waals surface area contributed by atoms with Crippen LogP contribution >= 0.6 is 39.0 Å². The van der Waals surface area contributed by atoms with Gasteiger partial charge in [0.2, 0.25) is 5.16 Å². The number of hydrogen-bond acceptors (Lipinski definition) is 5. The summed E-state index contributed by atoms with van der Waals surface area (Å²) in [4.78, 5) is 5.55. The summed E-state index contributed by atoms with van der Waals surface area (Å²) in [5.41, 5.74) is 0. The number of hydrogen-bond donors (Lipinski definition) is 1. The molecule has 108 valence electrons. The first-order valence-corrected chi connectivity index (χ1v) is 8.94. The molecule has 7 heteroatoms. The second-order valence-electron chi connectivity index (χ2n) is 4.10. The number of rotatable bonds is 6. The third kappa shape index (κ3) is 4.09. The number of thiophene rings is 1. The van der Waals surface area contributed by atoms with E-state index in [4.69, 9.17) is 4.74 Å². The molecule has 0 unspecified atom stereocenters. The average molecular weight is 382 g/mol. The number of ether oxygens (including phenoxy) is 1. The Morgan fingerprint density at radius 2 is 2.24 bits per heavy atom. The van der Waals surface area contributed by atoms with Crippen LogP contribution in [0.15, 0.2) is 51.4 Å². The van der Waals surface area contributed by atoms with E-state index in [-0.39, 0.29) is 0 Å². The maximum absolute atomic E-state index is 5.67. The molecule has 1 aromatic carbocycles. The van der Waals surface area contributed by atoms with Crippen molar-refractivity contribution < 1.29 is 4.74 Å². The summed E-state index contributed by atoms with van der Waals surface area (Å²) in [6, 6.07) is 11.8. The summed E-state index contributed by atoms with van der Waals surface area (Å²) in [7, 11) is 0. The molecular formula is C14H12BrN3OS2. The summed E-state index contributed by atoms with van der Waals surface area (Å²) in [6.07, 6.45) is 0. The van der Waals surface area contributed by atoms with Crippen molar-refractivity contribution in [3.8, 4) is 16.5 Å². The monoisotopic (exact) mass is 381 g/mol. The molecule has 1 N–H and O–H groups in total. The highest BCUT2D eigenvalue weighted by Crippen LogP contribution is 2.23. The van der Waals surface area contributed by atoms with Crippen LogP contribution in [0.3, 0.4) is 0 Å². The van der Waals surface area contributed by atoms with Gasteiger partial charge in [-0.3, -0.25) is 5.10 Å². The number of nitrogens with zero attached hydrogens (tertiary/aromatic N) is 2. The van der Waals surface area contributed by atoms with Gasteiger partial charge >= 0.3 is 0 Å². The van der Waals surface area contributed by atoms with Crippen LogP contribution in [0.1, 0.15) is 0 Å². The summed E-state index contributed by atoms with van der Waals surface area (Å²) >= 11 is 6.64. The summed E-state index contributed by atoms with van der Waals surface area (Å²) in [6.45, 7) is 0.615. The number of aromatic amines is 1. The fourth-order valence-corrected chi connectivity index (χ4v) is 3.34. The molecule has 21 heavy (non-hydrogen) atoms. The third-order valence-electron chi connectivity index (χ3n) is 2.60. The van der Waals surface area contributed by atoms with Crippen LogP contribution in [-0.2, 0) is 0 Å². The fraction of sp³-hybridized carbons (Fsp3) is 0.143. The molecule has 0 aliphatic carbocycles. The SMILES string of the molecule is Brc1cccc(OCCSc2n[nH]c(-c3cccs3)n2)c1. The molecule has 4 nitrogen and oxygen atoms in total. The smallest absolute Gasteiger partial charge is 0.208 e. The molecule has 0 aliphatic heterocycles. The van der Waals surface area contributed by atoms with Crippen molar-refractivity contribution in [2.75, 3.05) is 12.4 Å². The standard InChI is InChI=1S/C14H12BrN3OS2/c15-10-3-1-4-11(9-10)19-6-8-21-14-16-13(17-18-14)12-5-2-7-20-12/h1-5,7,9H,6,8H2,(H,16,17,18). The van der Waals surface area contributed by atoms with Gasteiger partial charge in [0.1, 0.15) is 5.75 Å². The normalized spacial score (nSPS) is 10.7. The largest absolute Gasteiger partial charge is 0.493 e. The van der Waals surface area contributed by atoms with Crippen LogP contribution in [-0.4, -0.2) is 27.5 Å². The molecule has 2 heterocycles. The molecular weight excluding hydrogens is 370 g/mol. The third-order valence-corrected chi connectivity index (χ3v) is 4.78. The molecule has 0 aliphatic rings. The first-order valence-electron chi connectivity index (χ1n) is 6.29. The van der Waals surface area contributed by atoms with Gasteiger partial charge in [0, 0.05) is 10.2 Å². The predicted molar refractivity (Wildman–Crippen MR) is 90.1 cm³/mol. The molecule has 0 spiro atoms. The van der Waals surface area contributed by atoms with Crippen LogP contribution in [0.5, 0.6) is 5.75 Å². The Hall–Kier alpha value is -1.31. The zero-order valence-corrected chi connectivity index (χ0v) is 14.2. The topological polar surface area (TPSA) is 50.8 Å². The highest BCUT2D eigenvalue weighted by Gasteiger charge is 2.06. The van der Waals surface area contributed by atoms with Gasteiger partial charge in [0.25, 0.3) is 0 Å². The van der Waals surface area contributed by atoms with Gasteiger partial charge in [0.05, 0.1) is 11.5 Å². The Morgan fingerprint density at radius 3 is 3.05 bits per heavy atom. The fourth-order valence-electron chi connectivity index (χ4n) is 1.68. The van der Waals surface area contributed by atoms with E-state index in [0.717, 1.165) is 31.8 Å². The lowest BCUT2D eigenvalue weighted by Gasteiger charge is -2.04. The van der Waals surface area contributed by atoms with Crippen LogP contribution in [0.2, 0.25) is 0 Å². The quantitative estimate of drug-likeness (QED) is 0.505. The van der Waals surface area contributed by atoms with Crippen LogP contribution in [0.4, 0.5) is 0 Å². The number of halogens is 1. The minimum atomic E-state index is 0.615. The van der Waals surface area contributed by atoms with E-state index in [1.165, 1.54) is 0 Å². The number of aromatic nitrogens is 3. The average Bonchev–Trinajstić information content (AvgIpc) is 3.14. The van der Waals surface area contributed by atoms with E-state index >= 15 is 0 Å². The van der Waals surface area contributed by atoms with Crippen LogP contribution in [0, 0.1) is 0 Å². The van der Waals surface area contributed by atoms with Gasteiger partial charge in [-0.15, -0.1) is 16.4 Å². The van der Waals surface area contributed by atoms with E-state index in [0.29, 0.717) is 6.61 Å². The molecule has 0 atom stereocenters. The van der Waals surface area contributed by atoms with Crippen molar-refractivity contribution in [3.63, 3.8) is 0 Å². The Morgan fingerprint density at radius 1 is 1.29 bits per heavy atom. The van der Waals surface area contributed by atoms with E-state index < -0.39 is 0 Å². The van der Waals surface area contributed by atoms with Crippen LogP contribution < -0.4 is 4.74 Å². The number of nitrogens with one attached hydrogen (secondary N) is 1. The van der Waals surface area contributed by atoms with Crippen molar-refractivity contribution in [2.24, 2.45) is 0 Å². The molecule has 3 aromatic rings. The predicted octanol–water partition coefficient (Wildman–Crippen LogP) is 4.47. The van der Waals surface area contributed by atoms with Crippen molar-refractivity contribution in [2.45, 2.75) is 5.16 Å². The Kier molecular flexibility index (Phi) is 4.95. The summed E-state index contributed by atoms with van der Waals surface area (Å²) in [5, 5.41) is 9.93. The van der Waals surface area contributed by atoms with Crippen molar-refractivity contribution in [1.82, 2.24) is 15.2 Å². The number of thioether (sulfide) groups is 1. The number of H-pyrrole nitrogens is 1. The first-order chi connectivity index (χ1) is 10.3. The second-order valence-corrected chi connectivity index (χ2v) is 7.02. The molecule has 0 radical (unpaired) electrons. The van der Waals surface area contributed by atoms with Crippen molar-refractivity contribution >= 4 is 39.0 Å². The Balaban J connectivity index is 1.48. The van der Waals surface area contributed by atoms with Gasteiger partial charge in [-0.2, -0.15) is 0 Å². The maximum atomic E-state index is 5.67. The van der Waals surface area contributed by atoms with E-state index in [1.807, 2.05) is 41.8 Å². The molecule has 0 saturated carbocycles. The minimum Gasteiger partial charge on any atom is -0.493 e. The van der Waals surface area contributed by atoms with E-state index in [2.05, 4.69) is 31.1 Å². The zero-order valence-electron chi connectivity index (χ0n) is 11.0. The molecule has 3 rings (SSSR count). The van der Waals surface area contributed by atoms with Gasteiger partial charge in [-0.25, -0.2) is 4.98 Å². The van der Waals surface area contributed by atoms with Crippen LogP contribution in [0.25, 0.3) is 10.7 Å². The molecule has 0 saturated heterocycles. The summed E-state index contributed by atoms with van der Waals surface area (Å²) in [5.74, 6) is 2.48. The lowest BCUT2D eigenvalue weighted by Crippen LogP contribution is -2.00. The molecule has 2 aromatic heterocycles. The molecule has 0 fully saturated rings. The maximum Gasteiger partial charge on any atom is 0.208 e. The van der Waals surface area contributed by atoms with Crippen molar-refractivity contribution in [1.29, 1.82) is 0 Å². The second kappa shape index (κ2) is 7.11. The Bertz CT molecular complexity index is 700. The van der Waals surface area contributed by atoms with E-state index in [9.17, 15) is 0 Å². The lowest BCUT2D eigenvalue weighted by molar-refractivity contribution is 0.343. The van der Waals surface area contributed by atoms with Gasteiger partial charge < -0.3 is 4.74 Å².